The highest BCUT2D eigenvalue weighted by Crippen LogP contribution is 2.28. The van der Waals surface area contributed by atoms with E-state index in [2.05, 4.69) is 18.0 Å². The molecule has 0 aromatic carbocycles. The van der Waals surface area contributed by atoms with Gasteiger partial charge in [0.05, 0.1) is 12.3 Å². The van der Waals surface area contributed by atoms with E-state index < -0.39 is 0 Å². The van der Waals surface area contributed by atoms with Crippen molar-refractivity contribution in [1.82, 2.24) is 4.90 Å². The summed E-state index contributed by atoms with van der Waals surface area (Å²) in [6.07, 6.45) is 7.03. The maximum atomic E-state index is 5.46. The molecule has 1 fully saturated rings. The van der Waals surface area contributed by atoms with E-state index in [0.717, 1.165) is 5.76 Å². The third-order valence-electron chi connectivity index (χ3n) is 2.89. The number of hydrogen-bond acceptors (Lipinski definition) is 2. The third-order valence-corrected chi connectivity index (χ3v) is 2.89. The summed E-state index contributed by atoms with van der Waals surface area (Å²) in [5.41, 5.74) is 0. The number of furan rings is 1. The molecular weight excluding hydrogens is 162 g/mol. The van der Waals surface area contributed by atoms with Crippen molar-refractivity contribution in [2.45, 2.75) is 31.7 Å². The van der Waals surface area contributed by atoms with Crippen molar-refractivity contribution in [3.05, 3.63) is 24.2 Å². The molecule has 0 amide bonds. The van der Waals surface area contributed by atoms with Crippen LogP contribution in [0, 0.1) is 0 Å². The minimum Gasteiger partial charge on any atom is -0.468 e. The molecule has 1 unspecified atom stereocenters. The Bertz CT molecular complexity index is 243. The maximum absolute atomic E-state index is 5.46. The molecular formula is C11H17NO. The Balaban J connectivity index is 2.11. The molecule has 2 heteroatoms. The number of nitrogens with zero attached hydrogens (tertiary/aromatic N) is 1. The van der Waals surface area contributed by atoms with Crippen molar-refractivity contribution < 1.29 is 4.42 Å². The zero-order valence-electron chi connectivity index (χ0n) is 8.20. The van der Waals surface area contributed by atoms with Crippen LogP contribution in [0.4, 0.5) is 0 Å². The lowest BCUT2D eigenvalue weighted by molar-refractivity contribution is 0.219. The summed E-state index contributed by atoms with van der Waals surface area (Å²) in [6, 6.07) is 4.58. The first-order chi connectivity index (χ1) is 6.38. The Morgan fingerprint density at radius 1 is 1.38 bits per heavy atom. The summed E-state index contributed by atoms with van der Waals surface area (Å²) in [5.74, 6) is 1.13. The molecule has 1 aromatic rings. The van der Waals surface area contributed by atoms with Crippen molar-refractivity contribution >= 4 is 0 Å². The highest BCUT2D eigenvalue weighted by atomic mass is 16.3. The van der Waals surface area contributed by atoms with E-state index in [1.165, 1.54) is 32.2 Å². The van der Waals surface area contributed by atoms with Gasteiger partial charge in [-0.3, -0.25) is 4.90 Å². The van der Waals surface area contributed by atoms with Crippen LogP contribution in [0.15, 0.2) is 22.8 Å². The molecule has 13 heavy (non-hydrogen) atoms. The average molecular weight is 179 g/mol. The molecule has 0 spiro atoms. The Hall–Kier alpha value is -0.760. The molecule has 1 saturated heterocycles. The maximum Gasteiger partial charge on any atom is 0.120 e. The Morgan fingerprint density at radius 2 is 2.31 bits per heavy atom. The van der Waals surface area contributed by atoms with Gasteiger partial charge in [-0.25, -0.2) is 0 Å². The summed E-state index contributed by atoms with van der Waals surface area (Å²) >= 11 is 0. The predicted octanol–water partition coefficient (Wildman–Crippen LogP) is 2.83. The molecule has 2 rings (SSSR count). The molecule has 2 heterocycles. The van der Waals surface area contributed by atoms with Crippen molar-refractivity contribution in [3.8, 4) is 0 Å². The molecule has 1 aliphatic rings. The van der Waals surface area contributed by atoms with Gasteiger partial charge in [0, 0.05) is 0 Å². The first-order valence-electron chi connectivity index (χ1n) is 5.11. The second-order valence-electron chi connectivity index (χ2n) is 3.86. The lowest BCUT2D eigenvalue weighted by Gasteiger charge is -2.23. The van der Waals surface area contributed by atoms with Crippen LogP contribution < -0.4 is 0 Å². The van der Waals surface area contributed by atoms with E-state index in [0.29, 0.717) is 6.04 Å². The highest BCUT2D eigenvalue weighted by molar-refractivity contribution is 5.04. The minimum atomic E-state index is 0.512. The summed E-state index contributed by atoms with van der Waals surface area (Å²) in [7, 11) is 2.19. The van der Waals surface area contributed by atoms with Crippen LogP contribution in [0.3, 0.4) is 0 Å². The number of hydrogen-bond donors (Lipinski definition) is 0. The molecule has 0 saturated carbocycles. The summed E-state index contributed by atoms with van der Waals surface area (Å²) in [4.78, 5) is 2.41. The van der Waals surface area contributed by atoms with Gasteiger partial charge >= 0.3 is 0 Å². The van der Waals surface area contributed by atoms with Gasteiger partial charge in [-0.1, -0.05) is 12.8 Å². The van der Waals surface area contributed by atoms with E-state index in [1.807, 2.05) is 6.07 Å². The number of likely N-dealkylation sites (tertiary alicyclic amines) is 1. The molecule has 1 aromatic heterocycles. The van der Waals surface area contributed by atoms with E-state index >= 15 is 0 Å². The smallest absolute Gasteiger partial charge is 0.120 e. The SMILES string of the molecule is CN1CCCCCC1c1ccco1. The first-order valence-corrected chi connectivity index (χ1v) is 5.11. The topological polar surface area (TPSA) is 16.4 Å². The molecule has 72 valence electrons. The van der Waals surface area contributed by atoms with E-state index in [9.17, 15) is 0 Å². The lowest BCUT2D eigenvalue weighted by atomic mass is 10.1. The molecule has 0 N–H and O–H groups in total. The average Bonchev–Trinajstić information content (AvgIpc) is 2.56. The Labute approximate surface area is 79.5 Å². The predicted molar refractivity (Wildman–Crippen MR) is 52.5 cm³/mol. The van der Waals surface area contributed by atoms with Crippen molar-refractivity contribution in [2.75, 3.05) is 13.6 Å². The summed E-state index contributed by atoms with van der Waals surface area (Å²) in [6.45, 7) is 1.20. The fourth-order valence-electron chi connectivity index (χ4n) is 2.09. The van der Waals surface area contributed by atoms with Crippen LogP contribution in [0.1, 0.15) is 37.5 Å². The van der Waals surface area contributed by atoms with Gasteiger partial charge in [0.1, 0.15) is 5.76 Å². The molecule has 1 atom stereocenters. The summed E-state index contributed by atoms with van der Waals surface area (Å²) < 4.78 is 5.46. The monoisotopic (exact) mass is 179 g/mol. The molecule has 2 nitrogen and oxygen atoms in total. The van der Waals surface area contributed by atoms with Crippen LogP contribution in [0.25, 0.3) is 0 Å². The Morgan fingerprint density at radius 3 is 3.08 bits per heavy atom. The van der Waals surface area contributed by atoms with Gasteiger partial charge in [0.25, 0.3) is 0 Å². The van der Waals surface area contributed by atoms with Gasteiger partial charge in [-0.05, 0) is 38.6 Å². The zero-order valence-corrected chi connectivity index (χ0v) is 8.20. The largest absolute Gasteiger partial charge is 0.468 e. The van der Waals surface area contributed by atoms with E-state index in [1.54, 1.807) is 6.26 Å². The van der Waals surface area contributed by atoms with E-state index in [-0.39, 0.29) is 0 Å². The van der Waals surface area contributed by atoms with Gasteiger partial charge in [-0.2, -0.15) is 0 Å². The highest BCUT2D eigenvalue weighted by Gasteiger charge is 2.20. The second kappa shape index (κ2) is 3.97. The van der Waals surface area contributed by atoms with Crippen LogP contribution in [0.5, 0.6) is 0 Å². The Kier molecular flexibility index (Phi) is 2.69. The molecule has 1 aliphatic heterocycles. The summed E-state index contributed by atoms with van der Waals surface area (Å²) in [5, 5.41) is 0. The van der Waals surface area contributed by atoms with Crippen LogP contribution in [0.2, 0.25) is 0 Å². The van der Waals surface area contributed by atoms with Gasteiger partial charge < -0.3 is 4.42 Å². The van der Waals surface area contributed by atoms with Crippen molar-refractivity contribution in [1.29, 1.82) is 0 Å². The molecule has 0 radical (unpaired) electrons. The first kappa shape index (κ1) is 8.82. The number of rotatable bonds is 1. The van der Waals surface area contributed by atoms with Crippen LogP contribution >= 0.6 is 0 Å². The van der Waals surface area contributed by atoms with Crippen molar-refractivity contribution in [2.24, 2.45) is 0 Å². The van der Waals surface area contributed by atoms with Crippen LogP contribution in [-0.2, 0) is 0 Å². The van der Waals surface area contributed by atoms with E-state index in [4.69, 9.17) is 4.42 Å². The van der Waals surface area contributed by atoms with Gasteiger partial charge in [-0.15, -0.1) is 0 Å². The van der Waals surface area contributed by atoms with Gasteiger partial charge in [0.15, 0.2) is 0 Å². The van der Waals surface area contributed by atoms with Crippen molar-refractivity contribution in [3.63, 3.8) is 0 Å². The fourth-order valence-corrected chi connectivity index (χ4v) is 2.09. The standard InChI is InChI=1S/C11H17NO/c1-12-8-4-2-3-6-10(12)11-7-5-9-13-11/h5,7,9-10H,2-4,6,8H2,1H3. The fraction of sp³-hybridized carbons (Fsp3) is 0.636. The molecule has 0 bridgehead atoms. The van der Waals surface area contributed by atoms with Crippen LogP contribution in [-0.4, -0.2) is 18.5 Å². The quantitative estimate of drug-likeness (QED) is 0.659. The minimum absolute atomic E-state index is 0.512. The third kappa shape index (κ3) is 1.94. The normalized spacial score (nSPS) is 25.8. The molecule has 0 aliphatic carbocycles. The lowest BCUT2D eigenvalue weighted by Crippen LogP contribution is -2.23. The second-order valence-corrected chi connectivity index (χ2v) is 3.86. The zero-order chi connectivity index (χ0) is 9.10. The van der Waals surface area contributed by atoms with Gasteiger partial charge in [0.2, 0.25) is 0 Å².